The van der Waals surface area contributed by atoms with E-state index in [-0.39, 0.29) is 23.1 Å². The molecule has 13 nitrogen and oxygen atoms in total. The van der Waals surface area contributed by atoms with Crippen molar-refractivity contribution < 1.29 is 23.5 Å². The van der Waals surface area contributed by atoms with Crippen LogP contribution in [0.3, 0.4) is 0 Å². The highest BCUT2D eigenvalue weighted by Crippen LogP contribution is 2.44. The molecule has 1 saturated heterocycles. The predicted molar refractivity (Wildman–Crippen MR) is 208 cm³/mol. The highest BCUT2D eigenvalue weighted by molar-refractivity contribution is 5.86. The van der Waals surface area contributed by atoms with Gasteiger partial charge in [-0.25, -0.2) is 23.5 Å². The molecule has 0 radical (unpaired) electrons. The second-order valence-corrected chi connectivity index (χ2v) is 16.2. The summed E-state index contributed by atoms with van der Waals surface area (Å²) in [5.74, 6) is 0.369. The van der Waals surface area contributed by atoms with Crippen molar-refractivity contribution in [2.75, 3.05) is 36.0 Å². The number of alkyl halides is 2. The van der Waals surface area contributed by atoms with Crippen LogP contribution in [-0.2, 0) is 31.2 Å². The molecule has 2 fully saturated rings. The van der Waals surface area contributed by atoms with E-state index in [1.807, 2.05) is 11.0 Å². The first-order chi connectivity index (χ1) is 27.0. The number of aromatic nitrogens is 6. The molecule has 0 spiro atoms. The maximum absolute atomic E-state index is 14.7. The van der Waals surface area contributed by atoms with Crippen LogP contribution in [-0.4, -0.2) is 101 Å². The van der Waals surface area contributed by atoms with Gasteiger partial charge in [0.25, 0.3) is 6.43 Å². The van der Waals surface area contributed by atoms with Gasteiger partial charge in [-0.1, -0.05) is 0 Å². The molecule has 4 aliphatic rings. The van der Waals surface area contributed by atoms with E-state index in [2.05, 4.69) is 48.3 Å². The Bertz CT molecular complexity index is 2070. The minimum Gasteiger partial charge on any atom is -0.478 e. The van der Waals surface area contributed by atoms with Crippen LogP contribution in [0, 0.1) is 0 Å². The van der Waals surface area contributed by atoms with Crippen molar-refractivity contribution in [3.8, 4) is 11.1 Å². The zero-order chi connectivity index (χ0) is 39.2. The van der Waals surface area contributed by atoms with Gasteiger partial charge in [0.15, 0.2) is 5.82 Å². The van der Waals surface area contributed by atoms with Crippen LogP contribution in [0.15, 0.2) is 36.9 Å². The van der Waals surface area contributed by atoms with Gasteiger partial charge in [0.2, 0.25) is 11.9 Å². The number of hydrogen-bond acceptors (Lipinski definition) is 9. The number of amides is 1. The molecule has 15 heteroatoms. The number of aromatic carboxylic acids is 1. The number of piperidine rings is 1. The van der Waals surface area contributed by atoms with Crippen molar-refractivity contribution in [3.63, 3.8) is 0 Å². The maximum Gasteiger partial charge on any atom is 0.338 e. The van der Waals surface area contributed by atoms with Crippen LogP contribution in [0.2, 0.25) is 0 Å². The summed E-state index contributed by atoms with van der Waals surface area (Å²) < 4.78 is 33.3. The molecule has 3 aromatic heterocycles. The summed E-state index contributed by atoms with van der Waals surface area (Å²) in [4.78, 5) is 41.5. The molecule has 1 N–H and O–H groups in total. The number of aryl methyl sites for hydroxylation is 2. The lowest BCUT2D eigenvalue weighted by molar-refractivity contribution is -0.129. The molecular weight excluding hydrogens is 719 g/mol. The largest absolute Gasteiger partial charge is 0.478 e. The molecule has 0 atom stereocenters. The first-order valence-corrected chi connectivity index (χ1v) is 20.1. The van der Waals surface area contributed by atoms with Gasteiger partial charge in [0, 0.05) is 111 Å². The lowest BCUT2D eigenvalue weighted by Crippen LogP contribution is -2.53. The van der Waals surface area contributed by atoms with E-state index < -0.39 is 12.4 Å². The number of benzene rings is 1. The smallest absolute Gasteiger partial charge is 0.338 e. The van der Waals surface area contributed by atoms with Gasteiger partial charge in [-0.15, -0.1) is 0 Å². The Labute approximate surface area is 326 Å². The van der Waals surface area contributed by atoms with Crippen LogP contribution < -0.4 is 9.80 Å². The first-order valence-electron chi connectivity index (χ1n) is 20.1. The van der Waals surface area contributed by atoms with Crippen molar-refractivity contribution >= 4 is 29.3 Å². The molecule has 4 aromatic rings. The summed E-state index contributed by atoms with van der Waals surface area (Å²) in [5.41, 5.74) is 5.27. The first kappa shape index (κ1) is 38.0. The SMILES string of the molecule is CC(=O)N1CCc2c(c(N3CCCc4cc(-c5cnn(C)c5)c(C(F)F)cc43)nn2C2CCC(N(C(C)C)C3CCN(c4ncc(C(=O)O)cn4)CC3)CC2)C1. The standard InChI is InChI=1S/C41H52F2N10O3/c1-25(2)52(31-11-15-49(16-12-31)41-44-20-28(21-45-41)40(55)56)30-7-9-32(10-8-30)53-36-13-17-50(26(3)54)24-35(36)39(47-53)51-14-5-6-27-18-33(29-22-46-48(4)23-29)34(38(42)43)19-37(27)51/h18-23,25,30-32,38H,5-17,24H2,1-4H3,(H,55,56). The highest BCUT2D eigenvalue weighted by Gasteiger charge is 2.38. The van der Waals surface area contributed by atoms with E-state index in [9.17, 15) is 23.5 Å². The van der Waals surface area contributed by atoms with E-state index in [1.165, 1.54) is 18.1 Å². The zero-order valence-electron chi connectivity index (χ0n) is 32.7. The van der Waals surface area contributed by atoms with Gasteiger partial charge in [0.1, 0.15) is 0 Å². The van der Waals surface area contributed by atoms with E-state index in [1.54, 1.807) is 37.1 Å². The fraction of sp³-hybridized carbons (Fsp3) is 0.561. The molecule has 3 aliphatic heterocycles. The summed E-state index contributed by atoms with van der Waals surface area (Å²) in [7, 11) is 1.79. The van der Waals surface area contributed by atoms with E-state index in [0.717, 1.165) is 87.1 Å². The maximum atomic E-state index is 14.7. The predicted octanol–water partition coefficient (Wildman–Crippen LogP) is 6.56. The third-order valence-electron chi connectivity index (χ3n) is 12.5. The lowest BCUT2D eigenvalue weighted by Gasteiger charge is -2.46. The van der Waals surface area contributed by atoms with Gasteiger partial charge in [-0.05, 0) is 88.5 Å². The topological polar surface area (TPSA) is 129 Å². The molecule has 56 heavy (non-hydrogen) atoms. The van der Waals surface area contributed by atoms with Crippen molar-refractivity contribution in [2.24, 2.45) is 7.05 Å². The summed E-state index contributed by atoms with van der Waals surface area (Å²) in [6.07, 6.45) is 11.9. The van der Waals surface area contributed by atoms with Crippen LogP contribution in [0.4, 0.5) is 26.2 Å². The third-order valence-corrected chi connectivity index (χ3v) is 12.5. The summed E-state index contributed by atoms with van der Waals surface area (Å²) in [6, 6.07) is 5.07. The average Bonchev–Trinajstić information content (AvgIpc) is 3.81. The average molecular weight is 771 g/mol. The van der Waals surface area contributed by atoms with Gasteiger partial charge < -0.3 is 19.8 Å². The van der Waals surface area contributed by atoms with Gasteiger partial charge in [-0.3, -0.25) is 19.1 Å². The number of carbonyl (C=O) groups excluding carboxylic acids is 1. The number of carboxylic acids is 1. The zero-order valence-corrected chi connectivity index (χ0v) is 32.7. The van der Waals surface area contributed by atoms with Crippen LogP contribution in [0.5, 0.6) is 0 Å². The Kier molecular flexibility index (Phi) is 10.5. The number of fused-ring (bicyclic) bond motifs is 2. The molecule has 0 unspecified atom stereocenters. The summed E-state index contributed by atoms with van der Waals surface area (Å²) in [6.45, 7) is 9.59. The Morgan fingerprint density at radius 3 is 2.27 bits per heavy atom. The Morgan fingerprint density at radius 1 is 0.929 bits per heavy atom. The molecule has 1 aromatic carbocycles. The van der Waals surface area contributed by atoms with Gasteiger partial charge >= 0.3 is 5.97 Å². The fourth-order valence-corrected chi connectivity index (χ4v) is 9.78. The monoisotopic (exact) mass is 770 g/mol. The molecule has 1 amide bonds. The van der Waals surface area contributed by atoms with Crippen molar-refractivity contribution in [2.45, 2.75) is 116 Å². The number of carbonyl (C=O) groups is 2. The Morgan fingerprint density at radius 2 is 1.64 bits per heavy atom. The Balaban J connectivity index is 1.02. The lowest BCUT2D eigenvalue weighted by atomic mass is 9.87. The molecule has 1 aliphatic carbocycles. The molecule has 1 saturated carbocycles. The number of halogens is 2. The molecular formula is C41H52F2N10O3. The molecule has 6 heterocycles. The second-order valence-electron chi connectivity index (χ2n) is 16.2. The normalized spacial score (nSPS) is 20.6. The van der Waals surface area contributed by atoms with E-state index >= 15 is 0 Å². The number of anilines is 3. The number of carboxylic acid groups (broad SMARTS) is 1. The molecule has 0 bridgehead atoms. The van der Waals surface area contributed by atoms with Crippen LogP contribution in [0.1, 0.15) is 111 Å². The van der Waals surface area contributed by atoms with E-state index in [4.69, 9.17) is 5.10 Å². The fourth-order valence-electron chi connectivity index (χ4n) is 9.78. The number of nitrogens with zero attached hydrogens (tertiary/aromatic N) is 10. The van der Waals surface area contributed by atoms with Crippen molar-refractivity contribution in [1.29, 1.82) is 0 Å². The minimum absolute atomic E-state index is 0.0104. The summed E-state index contributed by atoms with van der Waals surface area (Å²) in [5, 5.41) is 18.8. The number of rotatable bonds is 9. The van der Waals surface area contributed by atoms with E-state index in [0.29, 0.717) is 61.3 Å². The second kappa shape index (κ2) is 15.5. The van der Waals surface area contributed by atoms with Gasteiger partial charge in [-0.2, -0.15) is 10.2 Å². The Hall–Kier alpha value is -4.92. The molecule has 298 valence electrons. The van der Waals surface area contributed by atoms with Crippen LogP contribution in [0.25, 0.3) is 11.1 Å². The van der Waals surface area contributed by atoms with Crippen LogP contribution >= 0.6 is 0 Å². The molecule has 8 rings (SSSR count). The van der Waals surface area contributed by atoms with Crippen molar-refractivity contribution in [3.05, 3.63) is 64.9 Å². The van der Waals surface area contributed by atoms with Crippen molar-refractivity contribution in [1.82, 2.24) is 39.3 Å². The minimum atomic E-state index is -2.65. The number of hydrogen-bond donors (Lipinski definition) is 1. The summed E-state index contributed by atoms with van der Waals surface area (Å²) >= 11 is 0. The van der Waals surface area contributed by atoms with Gasteiger partial charge in [0.05, 0.1) is 24.3 Å². The third kappa shape index (κ3) is 7.25. The highest BCUT2D eigenvalue weighted by atomic mass is 19.3. The quantitative estimate of drug-likeness (QED) is 0.200.